The first-order valence-electron chi connectivity index (χ1n) is 7.89. The van der Waals surface area contributed by atoms with Crippen LogP contribution in [0, 0.1) is 0 Å². The van der Waals surface area contributed by atoms with Crippen molar-refractivity contribution < 1.29 is 4.79 Å². The maximum absolute atomic E-state index is 12.7. The highest BCUT2D eigenvalue weighted by Gasteiger charge is 2.39. The fourth-order valence-electron chi connectivity index (χ4n) is 3.63. The number of hydrogen-bond donors (Lipinski definition) is 1. The van der Waals surface area contributed by atoms with Gasteiger partial charge in [0.1, 0.15) is 0 Å². The molecule has 3 fully saturated rings. The molecule has 1 amide bonds. The molecule has 0 spiro atoms. The van der Waals surface area contributed by atoms with E-state index in [1.807, 2.05) is 11.8 Å². The second-order valence-electron chi connectivity index (χ2n) is 6.29. The number of carbonyl (C=O) groups is 1. The normalized spacial score (nSPS) is 36.6. The van der Waals surface area contributed by atoms with Crippen LogP contribution in [-0.2, 0) is 4.79 Å². The predicted molar refractivity (Wildman–Crippen MR) is 80.5 cm³/mol. The lowest BCUT2D eigenvalue weighted by Crippen LogP contribution is -2.57. The lowest BCUT2D eigenvalue weighted by molar-refractivity contribution is -0.139. The zero-order valence-corrected chi connectivity index (χ0v) is 12.8. The molecule has 0 radical (unpaired) electrons. The molecule has 0 aromatic heterocycles. The molecule has 3 nitrogen and oxygen atoms in total. The molecule has 1 aliphatic heterocycles. The average molecular weight is 282 g/mol. The van der Waals surface area contributed by atoms with Gasteiger partial charge >= 0.3 is 0 Å². The zero-order chi connectivity index (χ0) is 13.2. The van der Waals surface area contributed by atoms with Crippen molar-refractivity contribution >= 4 is 17.7 Å². The summed E-state index contributed by atoms with van der Waals surface area (Å²) in [5, 5.41) is 4.21. The predicted octanol–water partition coefficient (Wildman–Crippen LogP) is 2.40. The van der Waals surface area contributed by atoms with E-state index < -0.39 is 0 Å². The Morgan fingerprint density at radius 1 is 1.11 bits per heavy atom. The standard InChI is InChI=1S/C15H26N2OS/c1-19-14-7-3-2-6-13(14)17-10-4-5-12(15(17)18)16-11-8-9-11/h11-14,16H,2-10H2,1H3. The van der Waals surface area contributed by atoms with Crippen LogP contribution in [0.1, 0.15) is 51.4 Å². The van der Waals surface area contributed by atoms with Gasteiger partial charge in [0.25, 0.3) is 0 Å². The number of carbonyl (C=O) groups excluding carboxylic acids is 1. The Morgan fingerprint density at radius 2 is 1.89 bits per heavy atom. The van der Waals surface area contributed by atoms with E-state index in [4.69, 9.17) is 0 Å². The molecule has 1 heterocycles. The van der Waals surface area contributed by atoms with Crippen molar-refractivity contribution in [2.24, 2.45) is 0 Å². The van der Waals surface area contributed by atoms with Crippen LogP contribution in [-0.4, -0.2) is 47.0 Å². The number of hydrogen-bond acceptors (Lipinski definition) is 3. The summed E-state index contributed by atoms with van der Waals surface area (Å²) in [6.45, 7) is 0.989. The number of nitrogens with one attached hydrogen (secondary N) is 1. The van der Waals surface area contributed by atoms with Crippen molar-refractivity contribution in [2.75, 3.05) is 12.8 Å². The highest BCUT2D eigenvalue weighted by Crippen LogP contribution is 2.33. The van der Waals surface area contributed by atoms with Gasteiger partial charge in [0.2, 0.25) is 5.91 Å². The summed E-state index contributed by atoms with van der Waals surface area (Å²) in [6.07, 6.45) is 12.1. The lowest BCUT2D eigenvalue weighted by Gasteiger charge is -2.43. The van der Waals surface area contributed by atoms with Crippen LogP contribution < -0.4 is 5.32 Å². The zero-order valence-electron chi connectivity index (χ0n) is 11.9. The largest absolute Gasteiger partial charge is 0.337 e. The first kappa shape index (κ1) is 13.7. The Balaban J connectivity index is 1.65. The monoisotopic (exact) mass is 282 g/mol. The van der Waals surface area contributed by atoms with Crippen molar-refractivity contribution in [2.45, 2.75) is 74.7 Å². The van der Waals surface area contributed by atoms with Gasteiger partial charge in [0.05, 0.1) is 6.04 Å². The van der Waals surface area contributed by atoms with Crippen LogP contribution in [0.2, 0.25) is 0 Å². The average Bonchev–Trinajstić information content (AvgIpc) is 3.25. The molecular weight excluding hydrogens is 256 g/mol. The second kappa shape index (κ2) is 6.04. The third kappa shape index (κ3) is 3.10. The number of rotatable bonds is 4. The van der Waals surface area contributed by atoms with Crippen LogP contribution in [0.5, 0.6) is 0 Å². The summed E-state index contributed by atoms with van der Waals surface area (Å²) in [6, 6.07) is 1.25. The van der Waals surface area contributed by atoms with Crippen molar-refractivity contribution in [3.8, 4) is 0 Å². The molecule has 1 N–H and O–H groups in total. The summed E-state index contributed by atoms with van der Waals surface area (Å²) in [5.41, 5.74) is 0. The van der Waals surface area contributed by atoms with Crippen LogP contribution in [0.15, 0.2) is 0 Å². The molecule has 0 bridgehead atoms. The van der Waals surface area contributed by atoms with Crippen molar-refractivity contribution in [1.82, 2.24) is 10.2 Å². The summed E-state index contributed by atoms with van der Waals surface area (Å²) in [5.74, 6) is 0.393. The Morgan fingerprint density at radius 3 is 2.63 bits per heavy atom. The minimum absolute atomic E-state index is 0.116. The van der Waals surface area contributed by atoms with Crippen molar-refractivity contribution in [3.63, 3.8) is 0 Å². The van der Waals surface area contributed by atoms with Gasteiger partial charge in [-0.2, -0.15) is 11.8 Å². The topological polar surface area (TPSA) is 32.3 Å². The second-order valence-corrected chi connectivity index (χ2v) is 7.37. The first-order valence-corrected chi connectivity index (χ1v) is 9.17. The molecule has 0 aromatic rings. The Bertz CT molecular complexity index is 332. The van der Waals surface area contributed by atoms with Gasteiger partial charge in [-0.25, -0.2) is 0 Å². The van der Waals surface area contributed by atoms with Gasteiger partial charge in [-0.15, -0.1) is 0 Å². The van der Waals surface area contributed by atoms with Crippen LogP contribution in [0.4, 0.5) is 0 Å². The fraction of sp³-hybridized carbons (Fsp3) is 0.933. The molecule has 3 unspecified atom stereocenters. The number of amides is 1. The Hall–Kier alpha value is -0.220. The van der Waals surface area contributed by atoms with Crippen LogP contribution in [0.3, 0.4) is 0 Å². The minimum Gasteiger partial charge on any atom is -0.337 e. The van der Waals surface area contributed by atoms with E-state index in [9.17, 15) is 4.79 Å². The number of nitrogens with zero attached hydrogens (tertiary/aromatic N) is 1. The van der Waals surface area contributed by atoms with E-state index in [-0.39, 0.29) is 6.04 Å². The fourth-order valence-corrected chi connectivity index (χ4v) is 4.63. The molecule has 1 saturated heterocycles. The first-order chi connectivity index (χ1) is 9.29. The highest BCUT2D eigenvalue weighted by molar-refractivity contribution is 7.99. The van der Waals surface area contributed by atoms with E-state index in [1.54, 1.807) is 0 Å². The lowest BCUT2D eigenvalue weighted by atomic mass is 9.91. The number of likely N-dealkylation sites (tertiary alicyclic amines) is 1. The van der Waals surface area contributed by atoms with Crippen LogP contribution >= 0.6 is 11.8 Å². The van der Waals surface area contributed by atoms with E-state index in [2.05, 4.69) is 16.5 Å². The quantitative estimate of drug-likeness (QED) is 0.859. The maximum atomic E-state index is 12.7. The molecule has 0 aromatic carbocycles. The molecule has 108 valence electrons. The highest BCUT2D eigenvalue weighted by atomic mass is 32.2. The van der Waals surface area contributed by atoms with Gasteiger partial charge in [-0.05, 0) is 44.8 Å². The third-order valence-corrected chi connectivity index (χ3v) is 6.01. The van der Waals surface area contributed by atoms with Crippen molar-refractivity contribution in [1.29, 1.82) is 0 Å². The molecule has 2 saturated carbocycles. The molecule has 3 rings (SSSR count). The van der Waals surface area contributed by atoms with E-state index in [0.29, 0.717) is 23.2 Å². The van der Waals surface area contributed by atoms with Crippen molar-refractivity contribution in [3.05, 3.63) is 0 Å². The van der Waals surface area contributed by atoms with Gasteiger partial charge in [0, 0.05) is 23.9 Å². The van der Waals surface area contributed by atoms with E-state index in [1.165, 1.54) is 44.9 Å². The van der Waals surface area contributed by atoms with Crippen LogP contribution in [0.25, 0.3) is 0 Å². The number of piperidine rings is 1. The summed E-state index contributed by atoms with van der Waals surface area (Å²) in [4.78, 5) is 14.9. The molecule has 2 aliphatic carbocycles. The van der Waals surface area contributed by atoms with Gasteiger partial charge in [-0.1, -0.05) is 12.8 Å². The minimum atomic E-state index is 0.116. The van der Waals surface area contributed by atoms with Gasteiger partial charge in [0.15, 0.2) is 0 Å². The van der Waals surface area contributed by atoms with Gasteiger partial charge in [-0.3, -0.25) is 4.79 Å². The molecule has 3 aliphatic rings. The van der Waals surface area contributed by atoms with E-state index in [0.717, 1.165) is 13.0 Å². The SMILES string of the molecule is CSC1CCCCC1N1CCCC(NC2CC2)C1=O. The maximum Gasteiger partial charge on any atom is 0.240 e. The molecule has 4 heteroatoms. The smallest absolute Gasteiger partial charge is 0.240 e. The third-order valence-electron chi connectivity index (χ3n) is 4.86. The summed E-state index contributed by atoms with van der Waals surface area (Å²) < 4.78 is 0. The Labute approximate surface area is 120 Å². The Kier molecular flexibility index (Phi) is 4.37. The number of thioether (sulfide) groups is 1. The van der Waals surface area contributed by atoms with Gasteiger partial charge < -0.3 is 10.2 Å². The summed E-state index contributed by atoms with van der Waals surface area (Å²) >= 11 is 1.96. The molecule has 3 atom stereocenters. The van der Waals surface area contributed by atoms with E-state index >= 15 is 0 Å². The summed E-state index contributed by atoms with van der Waals surface area (Å²) in [7, 11) is 0. The molecule has 19 heavy (non-hydrogen) atoms. The molecular formula is C15H26N2OS.